The third-order valence-electron chi connectivity index (χ3n) is 2.53. The molecule has 1 unspecified atom stereocenters. The highest BCUT2D eigenvalue weighted by molar-refractivity contribution is 5.86. The summed E-state index contributed by atoms with van der Waals surface area (Å²) in [6, 6.07) is 9.44. The monoisotopic (exact) mass is 261 g/mol. The molecule has 0 radical (unpaired) electrons. The van der Waals surface area contributed by atoms with E-state index in [9.17, 15) is 9.59 Å². The zero-order valence-electron chi connectivity index (χ0n) is 11.1. The van der Waals surface area contributed by atoms with Crippen LogP contribution >= 0.6 is 0 Å². The molecule has 19 heavy (non-hydrogen) atoms. The van der Waals surface area contributed by atoms with Gasteiger partial charge in [0.2, 0.25) is 5.91 Å². The minimum absolute atomic E-state index is 0.0728. The Bertz CT molecular complexity index is 428. The first kappa shape index (κ1) is 15.0. The normalized spacial score (nSPS) is 11.4. The van der Waals surface area contributed by atoms with Gasteiger partial charge in [0.05, 0.1) is 13.0 Å². The molecule has 0 aromatic heterocycles. The molecule has 0 heterocycles. The molecule has 102 valence electrons. The van der Waals surface area contributed by atoms with E-state index in [1.54, 1.807) is 0 Å². The predicted molar refractivity (Wildman–Crippen MR) is 73.5 cm³/mol. The van der Waals surface area contributed by atoms with Crippen LogP contribution in [0.1, 0.15) is 12.5 Å². The Balaban J connectivity index is 2.22. The van der Waals surface area contributed by atoms with Crippen molar-refractivity contribution >= 4 is 11.9 Å². The first-order valence-electron chi connectivity index (χ1n) is 6.21. The Morgan fingerprint density at radius 2 is 2.05 bits per heavy atom. The second-order valence-corrected chi connectivity index (χ2v) is 4.40. The summed E-state index contributed by atoms with van der Waals surface area (Å²) < 4.78 is 5.16. The van der Waals surface area contributed by atoms with Gasteiger partial charge in [0.1, 0.15) is 0 Å². The lowest BCUT2D eigenvalue weighted by Gasteiger charge is -2.12. The number of amides is 1. The van der Waals surface area contributed by atoms with E-state index in [-0.39, 0.29) is 24.2 Å². The number of nitrogens with one attached hydrogen (secondary N) is 1. The van der Waals surface area contributed by atoms with Crippen LogP contribution in [0.3, 0.4) is 0 Å². The molecule has 0 aliphatic heterocycles. The molecule has 1 aromatic rings. The SMILES string of the molecule is C=CC(=O)NCC(C)COC(=O)Cc1ccccc1. The Labute approximate surface area is 113 Å². The second kappa shape index (κ2) is 8.08. The Morgan fingerprint density at radius 1 is 1.37 bits per heavy atom. The average Bonchev–Trinajstić information content (AvgIpc) is 2.43. The Hall–Kier alpha value is -2.10. The summed E-state index contributed by atoms with van der Waals surface area (Å²) in [5.41, 5.74) is 0.931. The van der Waals surface area contributed by atoms with Gasteiger partial charge in [-0.2, -0.15) is 0 Å². The van der Waals surface area contributed by atoms with E-state index < -0.39 is 0 Å². The lowest BCUT2D eigenvalue weighted by Crippen LogP contribution is -2.29. The van der Waals surface area contributed by atoms with Crippen molar-refractivity contribution in [3.8, 4) is 0 Å². The van der Waals surface area contributed by atoms with Crippen molar-refractivity contribution in [2.75, 3.05) is 13.2 Å². The standard InChI is InChI=1S/C15H19NO3/c1-3-14(17)16-10-12(2)11-19-15(18)9-13-7-5-4-6-8-13/h3-8,12H,1,9-11H2,2H3,(H,16,17). The lowest BCUT2D eigenvalue weighted by molar-refractivity contribution is -0.144. The average molecular weight is 261 g/mol. The number of rotatable bonds is 7. The lowest BCUT2D eigenvalue weighted by atomic mass is 10.1. The van der Waals surface area contributed by atoms with E-state index in [2.05, 4.69) is 11.9 Å². The Kier molecular flexibility index (Phi) is 6.36. The van der Waals surface area contributed by atoms with Gasteiger partial charge in [0, 0.05) is 12.5 Å². The number of hydrogen-bond acceptors (Lipinski definition) is 3. The number of benzene rings is 1. The molecule has 0 saturated heterocycles. The van der Waals surface area contributed by atoms with Crippen LogP contribution in [-0.2, 0) is 20.7 Å². The van der Waals surface area contributed by atoms with E-state index in [0.29, 0.717) is 13.2 Å². The van der Waals surface area contributed by atoms with Crippen LogP contribution in [0.5, 0.6) is 0 Å². The van der Waals surface area contributed by atoms with Crippen molar-refractivity contribution in [1.29, 1.82) is 0 Å². The van der Waals surface area contributed by atoms with Gasteiger partial charge in [-0.25, -0.2) is 0 Å². The smallest absolute Gasteiger partial charge is 0.310 e. The van der Waals surface area contributed by atoms with Crippen molar-refractivity contribution < 1.29 is 14.3 Å². The van der Waals surface area contributed by atoms with E-state index in [1.165, 1.54) is 6.08 Å². The summed E-state index contributed by atoms with van der Waals surface area (Å²) in [4.78, 5) is 22.5. The van der Waals surface area contributed by atoms with Crippen molar-refractivity contribution in [1.82, 2.24) is 5.32 Å². The van der Waals surface area contributed by atoms with Crippen LogP contribution in [0.25, 0.3) is 0 Å². The summed E-state index contributed by atoms with van der Waals surface area (Å²) in [7, 11) is 0. The first-order chi connectivity index (χ1) is 9.11. The number of carbonyl (C=O) groups is 2. The maximum Gasteiger partial charge on any atom is 0.310 e. The zero-order valence-corrected chi connectivity index (χ0v) is 11.1. The van der Waals surface area contributed by atoms with E-state index >= 15 is 0 Å². The van der Waals surface area contributed by atoms with Gasteiger partial charge in [-0.1, -0.05) is 43.8 Å². The maximum atomic E-state index is 11.6. The minimum atomic E-state index is -0.256. The third-order valence-corrected chi connectivity index (χ3v) is 2.53. The van der Waals surface area contributed by atoms with E-state index in [4.69, 9.17) is 4.74 Å². The zero-order chi connectivity index (χ0) is 14.1. The van der Waals surface area contributed by atoms with Gasteiger partial charge in [-0.15, -0.1) is 0 Å². The quantitative estimate of drug-likeness (QED) is 0.600. The van der Waals surface area contributed by atoms with Crippen molar-refractivity contribution in [2.24, 2.45) is 5.92 Å². The third kappa shape index (κ3) is 6.41. The highest BCUT2D eigenvalue weighted by Gasteiger charge is 2.08. The van der Waals surface area contributed by atoms with Crippen molar-refractivity contribution in [3.63, 3.8) is 0 Å². The van der Waals surface area contributed by atoms with Crippen molar-refractivity contribution in [3.05, 3.63) is 48.6 Å². The number of esters is 1. The summed E-state index contributed by atoms with van der Waals surface area (Å²) in [5, 5.41) is 2.66. The van der Waals surface area contributed by atoms with Crippen LogP contribution in [0.15, 0.2) is 43.0 Å². The summed E-state index contributed by atoms with van der Waals surface area (Å²) >= 11 is 0. The highest BCUT2D eigenvalue weighted by Crippen LogP contribution is 2.02. The predicted octanol–water partition coefficient (Wildman–Crippen LogP) is 1.71. The van der Waals surface area contributed by atoms with Crippen LogP contribution in [0.4, 0.5) is 0 Å². The maximum absolute atomic E-state index is 11.6. The molecule has 1 amide bonds. The summed E-state index contributed by atoms with van der Waals surface area (Å²) in [6.45, 7) is 6.02. The van der Waals surface area contributed by atoms with Gasteiger partial charge < -0.3 is 10.1 Å². The molecule has 0 bridgehead atoms. The number of ether oxygens (including phenoxy) is 1. The highest BCUT2D eigenvalue weighted by atomic mass is 16.5. The molecule has 0 fully saturated rings. The minimum Gasteiger partial charge on any atom is -0.465 e. The molecule has 1 aromatic carbocycles. The second-order valence-electron chi connectivity index (χ2n) is 4.40. The van der Waals surface area contributed by atoms with Crippen molar-refractivity contribution in [2.45, 2.75) is 13.3 Å². The van der Waals surface area contributed by atoms with Gasteiger partial charge in [0.25, 0.3) is 0 Å². The molecule has 0 spiro atoms. The van der Waals surface area contributed by atoms with E-state index in [1.807, 2.05) is 37.3 Å². The summed E-state index contributed by atoms with van der Waals surface area (Å²) in [5.74, 6) is -0.404. The van der Waals surface area contributed by atoms with Crippen LogP contribution in [-0.4, -0.2) is 25.0 Å². The fourth-order valence-electron chi connectivity index (χ4n) is 1.45. The fraction of sp³-hybridized carbons (Fsp3) is 0.333. The molecule has 4 nitrogen and oxygen atoms in total. The fourth-order valence-corrected chi connectivity index (χ4v) is 1.45. The summed E-state index contributed by atoms with van der Waals surface area (Å²) in [6.07, 6.45) is 1.49. The molecule has 1 atom stereocenters. The molecule has 0 saturated carbocycles. The first-order valence-corrected chi connectivity index (χ1v) is 6.21. The molecule has 1 N–H and O–H groups in total. The number of carbonyl (C=O) groups excluding carboxylic acids is 2. The van der Waals surface area contributed by atoms with Crippen LogP contribution < -0.4 is 5.32 Å². The van der Waals surface area contributed by atoms with Gasteiger partial charge in [-0.05, 0) is 11.6 Å². The molecule has 0 aliphatic rings. The molecule has 1 rings (SSSR count). The molecular weight excluding hydrogens is 242 g/mol. The Morgan fingerprint density at radius 3 is 2.68 bits per heavy atom. The molecule has 4 heteroatoms. The van der Waals surface area contributed by atoms with E-state index in [0.717, 1.165) is 5.56 Å². The van der Waals surface area contributed by atoms with Gasteiger partial charge in [0.15, 0.2) is 0 Å². The van der Waals surface area contributed by atoms with Gasteiger partial charge in [-0.3, -0.25) is 9.59 Å². The topological polar surface area (TPSA) is 55.4 Å². The van der Waals surface area contributed by atoms with Crippen LogP contribution in [0.2, 0.25) is 0 Å². The van der Waals surface area contributed by atoms with Crippen LogP contribution in [0, 0.1) is 5.92 Å². The molecular formula is C15H19NO3. The molecule has 0 aliphatic carbocycles. The van der Waals surface area contributed by atoms with Gasteiger partial charge >= 0.3 is 5.97 Å². The largest absolute Gasteiger partial charge is 0.465 e. The number of hydrogen-bond donors (Lipinski definition) is 1.